The van der Waals surface area contributed by atoms with E-state index in [0.717, 1.165) is 29.0 Å². The average Bonchev–Trinajstić information content (AvgIpc) is 2.77. The van der Waals surface area contributed by atoms with Crippen molar-refractivity contribution in [2.75, 3.05) is 45.3 Å². The van der Waals surface area contributed by atoms with Crippen LogP contribution in [0.4, 0.5) is 5.82 Å². The molecule has 0 unspecified atom stereocenters. The Morgan fingerprint density at radius 2 is 1.83 bits per heavy atom. The van der Waals surface area contributed by atoms with E-state index in [4.69, 9.17) is 9.47 Å². The molecule has 0 saturated carbocycles. The molecule has 0 aliphatic carbocycles. The minimum Gasteiger partial charge on any atom is -0.497 e. The lowest BCUT2D eigenvalue weighted by molar-refractivity contribution is 0.0187. The van der Waals surface area contributed by atoms with Gasteiger partial charge in [0.15, 0.2) is 5.56 Å². The number of hydrogen-bond donors (Lipinski definition) is 1. The number of nitriles is 1. The molecular weight excluding hydrogens is 374 g/mol. The topological polar surface area (TPSA) is 102 Å². The van der Waals surface area contributed by atoms with Gasteiger partial charge in [-0.3, -0.25) is 18.8 Å². The van der Waals surface area contributed by atoms with Crippen molar-refractivity contribution in [1.29, 1.82) is 5.26 Å². The highest BCUT2D eigenvalue weighted by atomic mass is 16.5. The predicted molar refractivity (Wildman–Crippen MR) is 108 cm³/mol. The molecule has 0 bridgehead atoms. The van der Waals surface area contributed by atoms with E-state index in [1.54, 1.807) is 14.2 Å². The Hall–Kier alpha value is -3.09. The van der Waals surface area contributed by atoms with Crippen LogP contribution < -0.4 is 21.3 Å². The largest absolute Gasteiger partial charge is 0.497 e. The van der Waals surface area contributed by atoms with Gasteiger partial charge in [-0.15, -0.1) is 0 Å². The summed E-state index contributed by atoms with van der Waals surface area (Å²) in [6, 6.07) is 9.68. The zero-order valence-electron chi connectivity index (χ0n) is 16.8. The summed E-state index contributed by atoms with van der Waals surface area (Å²) in [4.78, 5) is 26.9. The lowest BCUT2D eigenvalue weighted by atomic mass is 10.0. The maximum Gasteiger partial charge on any atom is 0.332 e. The number of nitrogens with zero attached hydrogens (tertiary/aromatic N) is 4. The van der Waals surface area contributed by atoms with Crippen LogP contribution in [0.5, 0.6) is 5.75 Å². The molecule has 154 valence electrons. The molecule has 1 aliphatic rings. The fraction of sp³-hybridized carbons (Fsp3) is 0.450. The second-order valence-electron chi connectivity index (χ2n) is 6.86. The molecule has 1 fully saturated rings. The Balaban J connectivity index is 1.94. The monoisotopic (exact) mass is 399 g/mol. The second kappa shape index (κ2) is 8.94. The van der Waals surface area contributed by atoms with E-state index in [-0.39, 0.29) is 17.4 Å². The van der Waals surface area contributed by atoms with Gasteiger partial charge in [-0.25, -0.2) is 4.79 Å². The maximum absolute atomic E-state index is 12.3. The summed E-state index contributed by atoms with van der Waals surface area (Å²) < 4.78 is 13.0. The molecule has 1 aliphatic heterocycles. The Labute approximate surface area is 168 Å². The minimum atomic E-state index is -0.606. The van der Waals surface area contributed by atoms with Crippen LogP contribution in [0.3, 0.4) is 0 Å². The van der Waals surface area contributed by atoms with Crippen molar-refractivity contribution in [2.45, 2.75) is 6.04 Å². The molecule has 2 heterocycles. The van der Waals surface area contributed by atoms with Gasteiger partial charge >= 0.3 is 5.69 Å². The zero-order valence-corrected chi connectivity index (χ0v) is 16.8. The molecule has 29 heavy (non-hydrogen) atoms. The zero-order chi connectivity index (χ0) is 21.0. The molecule has 9 heteroatoms. The Kier molecular flexibility index (Phi) is 6.36. The third-order valence-corrected chi connectivity index (χ3v) is 5.23. The van der Waals surface area contributed by atoms with Gasteiger partial charge in [0, 0.05) is 33.7 Å². The first-order chi connectivity index (χ1) is 14.0. The number of aromatic nitrogens is 2. The fourth-order valence-corrected chi connectivity index (χ4v) is 3.52. The minimum absolute atomic E-state index is 0.0319. The van der Waals surface area contributed by atoms with Crippen LogP contribution in [-0.2, 0) is 18.8 Å². The predicted octanol–water partition coefficient (Wildman–Crippen LogP) is 0.450. The summed E-state index contributed by atoms with van der Waals surface area (Å²) in [5.74, 6) is 0.996. The van der Waals surface area contributed by atoms with Gasteiger partial charge < -0.3 is 14.8 Å². The van der Waals surface area contributed by atoms with Gasteiger partial charge in [-0.05, 0) is 17.7 Å². The number of anilines is 1. The molecule has 1 aromatic heterocycles. The lowest BCUT2D eigenvalue weighted by Crippen LogP contribution is -2.43. The van der Waals surface area contributed by atoms with Crippen LogP contribution >= 0.6 is 0 Å². The molecule has 0 spiro atoms. The SMILES string of the molecule is COc1ccc([C@@H](CNc2c(C#N)c(=O)n(C)c(=O)n2C)N2CCOCC2)cc1. The van der Waals surface area contributed by atoms with Gasteiger partial charge in [0.25, 0.3) is 5.56 Å². The molecule has 9 nitrogen and oxygen atoms in total. The van der Waals surface area contributed by atoms with Crippen LogP contribution in [0.25, 0.3) is 0 Å². The summed E-state index contributed by atoms with van der Waals surface area (Å²) in [5, 5.41) is 12.6. The maximum atomic E-state index is 12.3. The Morgan fingerprint density at radius 3 is 2.41 bits per heavy atom. The van der Waals surface area contributed by atoms with Gasteiger partial charge in [0.05, 0.1) is 26.4 Å². The van der Waals surface area contributed by atoms with Crippen LogP contribution in [0.2, 0.25) is 0 Å². The summed E-state index contributed by atoms with van der Waals surface area (Å²) in [6.45, 7) is 3.22. The van der Waals surface area contributed by atoms with Crippen molar-refractivity contribution in [1.82, 2.24) is 14.0 Å². The van der Waals surface area contributed by atoms with E-state index >= 15 is 0 Å². The molecule has 1 saturated heterocycles. The molecule has 2 aromatic rings. The number of ether oxygens (including phenoxy) is 2. The van der Waals surface area contributed by atoms with E-state index in [9.17, 15) is 14.9 Å². The van der Waals surface area contributed by atoms with E-state index in [0.29, 0.717) is 19.8 Å². The normalized spacial score (nSPS) is 15.5. The first-order valence-corrected chi connectivity index (χ1v) is 9.37. The third kappa shape index (κ3) is 4.18. The van der Waals surface area contributed by atoms with Crippen molar-refractivity contribution in [3.63, 3.8) is 0 Å². The van der Waals surface area contributed by atoms with E-state index in [2.05, 4.69) is 10.2 Å². The number of morpholine rings is 1. The Morgan fingerprint density at radius 1 is 1.17 bits per heavy atom. The van der Waals surface area contributed by atoms with E-state index in [1.165, 1.54) is 11.6 Å². The smallest absolute Gasteiger partial charge is 0.332 e. The quantitative estimate of drug-likeness (QED) is 0.752. The summed E-state index contributed by atoms with van der Waals surface area (Å²) in [7, 11) is 4.53. The van der Waals surface area contributed by atoms with Crippen LogP contribution in [0.1, 0.15) is 17.2 Å². The first-order valence-electron chi connectivity index (χ1n) is 9.37. The van der Waals surface area contributed by atoms with Crippen molar-refractivity contribution in [3.8, 4) is 11.8 Å². The molecule has 1 aromatic carbocycles. The average molecular weight is 399 g/mol. The summed E-state index contributed by atoms with van der Waals surface area (Å²) >= 11 is 0. The van der Waals surface area contributed by atoms with Crippen molar-refractivity contribution in [2.24, 2.45) is 14.1 Å². The number of rotatable bonds is 6. The van der Waals surface area contributed by atoms with E-state index < -0.39 is 11.2 Å². The van der Waals surface area contributed by atoms with Crippen molar-refractivity contribution in [3.05, 3.63) is 56.2 Å². The van der Waals surface area contributed by atoms with Gasteiger partial charge in [-0.1, -0.05) is 12.1 Å². The Bertz CT molecular complexity index is 1010. The standard InChI is InChI=1S/C20H25N5O4/c1-23-18(16(12-21)19(26)24(2)20(23)27)22-13-17(25-8-10-29-11-9-25)14-4-6-15(28-3)7-5-14/h4-7,17,22H,8-11,13H2,1-3H3/t17-/m1/s1. The summed E-state index contributed by atoms with van der Waals surface area (Å²) in [5.41, 5.74) is -0.105. The number of hydrogen-bond acceptors (Lipinski definition) is 7. The molecule has 0 radical (unpaired) electrons. The molecular formula is C20H25N5O4. The number of methoxy groups -OCH3 is 1. The van der Waals surface area contributed by atoms with Crippen LogP contribution in [0.15, 0.2) is 33.9 Å². The molecule has 1 atom stereocenters. The number of nitrogens with one attached hydrogen (secondary N) is 1. The third-order valence-electron chi connectivity index (χ3n) is 5.23. The second-order valence-corrected chi connectivity index (χ2v) is 6.86. The van der Waals surface area contributed by atoms with Gasteiger partial charge in [-0.2, -0.15) is 5.26 Å². The first kappa shape index (κ1) is 20.6. The van der Waals surface area contributed by atoms with Crippen LogP contribution in [0, 0.1) is 11.3 Å². The van der Waals surface area contributed by atoms with Crippen molar-refractivity contribution < 1.29 is 9.47 Å². The molecule has 0 amide bonds. The highest BCUT2D eigenvalue weighted by Crippen LogP contribution is 2.25. The fourth-order valence-electron chi connectivity index (χ4n) is 3.52. The van der Waals surface area contributed by atoms with Gasteiger partial charge in [0.2, 0.25) is 0 Å². The van der Waals surface area contributed by atoms with Crippen LogP contribution in [-0.4, -0.2) is 54.0 Å². The van der Waals surface area contributed by atoms with E-state index in [1.807, 2.05) is 30.3 Å². The number of benzene rings is 1. The molecule has 3 rings (SSSR count). The molecule has 1 N–H and O–H groups in total. The highest BCUT2D eigenvalue weighted by Gasteiger charge is 2.24. The van der Waals surface area contributed by atoms with Crippen molar-refractivity contribution >= 4 is 5.82 Å². The van der Waals surface area contributed by atoms with Gasteiger partial charge in [0.1, 0.15) is 17.6 Å². The lowest BCUT2D eigenvalue weighted by Gasteiger charge is -2.35. The summed E-state index contributed by atoms with van der Waals surface area (Å²) in [6.07, 6.45) is 0. The highest BCUT2D eigenvalue weighted by molar-refractivity contribution is 5.51.